The van der Waals surface area contributed by atoms with Gasteiger partial charge in [-0.3, -0.25) is 0 Å². The molecule has 0 N–H and O–H groups in total. The van der Waals surface area contributed by atoms with E-state index in [0.29, 0.717) is 6.10 Å². The molecule has 2 aromatic rings. The molecule has 64 valence electrons. The van der Waals surface area contributed by atoms with Gasteiger partial charge in [0.1, 0.15) is 6.10 Å². The van der Waals surface area contributed by atoms with Gasteiger partial charge in [-0.1, -0.05) is 36.4 Å². The van der Waals surface area contributed by atoms with Crippen molar-refractivity contribution in [2.24, 2.45) is 0 Å². The highest BCUT2D eigenvalue weighted by Gasteiger charge is 2.24. The van der Waals surface area contributed by atoms with Crippen LogP contribution in [0.25, 0.3) is 10.8 Å². The average molecular weight is 170 g/mol. The van der Waals surface area contributed by atoms with Gasteiger partial charge in [0.15, 0.2) is 0 Å². The molecule has 0 unspecified atom stereocenters. The number of benzene rings is 2. The highest BCUT2D eigenvalue weighted by atomic mass is 16.6. The van der Waals surface area contributed by atoms with Crippen LogP contribution in [0, 0.1) is 0 Å². The molecule has 3 rings (SSSR count). The predicted octanol–water partition coefficient (Wildman–Crippen LogP) is 2.91. The molecule has 13 heavy (non-hydrogen) atoms. The number of fused-ring (bicyclic) bond motifs is 1. The molecule has 1 aliphatic heterocycles. The summed E-state index contributed by atoms with van der Waals surface area (Å²) < 4.78 is 5.24. The van der Waals surface area contributed by atoms with Crippen LogP contribution in [-0.4, -0.2) is 6.61 Å². The smallest absolute Gasteiger partial charge is 0.106 e. The minimum Gasteiger partial charge on any atom is -0.368 e. The van der Waals surface area contributed by atoms with Crippen LogP contribution in [0.5, 0.6) is 0 Å². The Kier molecular flexibility index (Phi) is 1.41. The fourth-order valence-electron chi connectivity index (χ4n) is 1.65. The Balaban J connectivity index is 2.21. The Labute approximate surface area is 77.0 Å². The summed E-state index contributed by atoms with van der Waals surface area (Å²) in [4.78, 5) is 0. The molecule has 0 spiro atoms. The van der Waals surface area contributed by atoms with Gasteiger partial charge in [-0.05, 0) is 22.4 Å². The van der Waals surface area contributed by atoms with Gasteiger partial charge in [-0.2, -0.15) is 0 Å². The second-order valence-corrected chi connectivity index (χ2v) is 3.43. The van der Waals surface area contributed by atoms with Gasteiger partial charge in [-0.15, -0.1) is 0 Å². The third kappa shape index (κ3) is 1.21. The Hall–Kier alpha value is -1.34. The highest BCUT2D eigenvalue weighted by Crippen LogP contribution is 2.31. The molecule has 1 heteroatoms. The Morgan fingerprint density at radius 3 is 2.54 bits per heavy atom. The topological polar surface area (TPSA) is 12.5 Å². The van der Waals surface area contributed by atoms with Crippen molar-refractivity contribution >= 4 is 10.8 Å². The minimum absolute atomic E-state index is 0.365. The van der Waals surface area contributed by atoms with Gasteiger partial charge in [0.05, 0.1) is 6.61 Å². The maximum absolute atomic E-state index is 5.24. The van der Waals surface area contributed by atoms with E-state index in [4.69, 9.17) is 4.74 Å². The van der Waals surface area contributed by atoms with Gasteiger partial charge in [0, 0.05) is 0 Å². The highest BCUT2D eigenvalue weighted by molar-refractivity contribution is 5.83. The number of rotatable bonds is 1. The van der Waals surface area contributed by atoms with Crippen molar-refractivity contribution in [3.8, 4) is 0 Å². The van der Waals surface area contributed by atoms with Crippen LogP contribution in [0.3, 0.4) is 0 Å². The lowest BCUT2D eigenvalue weighted by Gasteiger charge is -1.99. The van der Waals surface area contributed by atoms with E-state index >= 15 is 0 Å². The van der Waals surface area contributed by atoms with Gasteiger partial charge >= 0.3 is 0 Å². The molecule has 1 fully saturated rings. The second-order valence-electron chi connectivity index (χ2n) is 3.43. The molecule has 1 aliphatic rings. The van der Waals surface area contributed by atoms with E-state index in [1.54, 1.807) is 0 Å². The van der Waals surface area contributed by atoms with E-state index in [-0.39, 0.29) is 0 Å². The zero-order valence-corrected chi connectivity index (χ0v) is 7.23. The van der Waals surface area contributed by atoms with E-state index in [9.17, 15) is 0 Å². The summed E-state index contributed by atoms with van der Waals surface area (Å²) in [6.07, 6.45) is 0.365. The SMILES string of the molecule is c1ccc2cc([C@@H]3CO3)ccc2c1. The molecule has 1 saturated heterocycles. The molecule has 1 atom stereocenters. The van der Waals surface area contributed by atoms with Crippen LogP contribution in [0.1, 0.15) is 11.7 Å². The Bertz CT molecular complexity index is 444. The molecule has 0 saturated carbocycles. The molecule has 0 amide bonds. The Morgan fingerprint density at radius 2 is 1.77 bits per heavy atom. The number of hydrogen-bond donors (Lipinski definition) is 0. The van der Waals surface area contributed by atoms with Crippen LogP contribution >= 0.6 is 0 Å². The van der Waals surface area contributed by atoms with Crippen LogP contribution in [0.4, 0.5) is 0 Å². The Morgan fingerprint density at radius 1 is 1.00 bits per heavy atom. The summed E-state index contributed by atoms with van der Waals surface area (Å²) in [5.41, 5.74) is 1.30. The van der Waals surface area contributed by atoms with Crippen LogP contribution in [0.2, 0.25) is 0 Å². The second kappa shape index (κ2) is 2.57. The van der Waals surface area contributed by atoms with Crippen molar-refractivity contribution in [3.63, 3.8) is 0 Å². The molecule has 1 heterocycles. The average Bonchev–Trinajstić information content (AvgIpc) is 3.00. The molecular formula is C12H10O. The first kappa shape index (κ1) is 7.10. The first-order valence-electron chi connectivity index (χ1n) is 4.54. The summed E-state index contributed by atoms with van der Waals surface area (Å²) in [5.74, 6) is 0. The number of epoxide rings is 1. The lowest BCUT2D eigenvalue weighted by molar-refractivity contribution is 0.416. The van der Waals surface area contributed by atoms with Gasteiger partial charge < -0.3 is 4.74 Å². The zero-order chi connectivity index (χ0) is 8.67. The molecule has 0 aliphatic carbocycles. The van der Waals surface area contributed by atoms with E-state index in [1.807, 2.05) is 0 Å². The van der Waals surface area contributed by atoms with Crippen molar-refractivity contribution in [2.45, 2.75) is 6.10 Å². The van der Waals surface area contributed by atoms with E-state index in [1.165, 1.54) is 16.3 Å². The predicted molar refractivity (Wildman–Crippen MR) is 52.6 cm³/mol. The standard InChI is InChI=1S/C12H10O/c1-2-4-10-7-11(12-8-13-12)6-5-9(10)3-1/h1-7,12H,8H2/t12-/m0/s1. The largest absolute Gasteiger partial charge is 0.368 e. The van der Waals surface area contributed by atoms with Crippen molar-refractivity contribution < 1.29 is 4.74 Å². The van der Waals surface area contributed by atoms with Crippen molar-refractivity contribution in [1.82, 2.24) is 0 Å². The molecule has 0 bridgehead atoms. The lowest BCUT2D eigenvalue weighted by Crippen LogP contribution is -1.80. The van der Waals surface area contributed by atoms with Gasteiger partial charge in [-0.25, -0.2) is 0 Å². The van der Waals surface area contributed by atoms with Crippen LogP contribution < -0.4 is 0 Å². The van der Waals surface area contributed by atoms with Crippen molar-refractivity contribution in [2.75, 3.05) is 6.61 Å². The number of ether oxygens (including phenoxy) is 1. The van der Waals surface area contributed by atoms with Crippen molar-refractivity contribution in [3.05, 3.63) is 48.0 Å². The molecule has 2 aromatic carbocycles. The third-order valence-corrected chi connectivity index (χ3v) is 2.48. The summed E-state index contributed by atoms with van der Waals surface area (Å²) >= 11 is 0. The normalized spacial score (nSPS) is 20.5. The summed E-state index contributed by atoms with van der Waals surface area (Å²) in [6, 6.07) is 14.9. The first-order valence-corrected chi connectivity index (χ1v) is 4.54. The van der Waals surface area contributed by atoms with Crippen LogP contribution in [0.15, 0.2) is 42.5 Å². The molecule has 0 aromatic heterocycles. The monoisotopic (exact) mass is 170 g/mol. The summed E-state index contributed by atoms with van der Waals surface area (Å²) in [6.45, 7) is 0.887. The number of hydrogen-bond acceptors (Lipinski definition) is 1. The zero-order valence-electron chi connectivity index (χ0n) is 7.23. The summed E-state index contributed by atoms with van der Waals surface area (Å²) in [5, 5.41) is 2.60. The quantitative estimate of drug-likeness (QED) is 0.599. The van der Waals surface area contributed by atoms with E-state index in [2.05, 4.69) is 42.5 Å². The third-order valence-electron chi connectivity index (χ3n) is 2.48. The van der Waals surface area contributed by atoms with E-state index in [0.717, 1.165) is 6.61 Å². The van der Waals surface area contributed by atoms with Gasteiger partial charge in [0.25, 0.3) is 0 Å². The van der Waals surface area contributed by atoms with Crippen LogP contribution in [-0.2, 0) is 4.74 Å². The van der Waals surface area contributed by atoms with Crippen molar-refractivity contribution in [1.29, 1.82) is 0 Å². The molecule has 1 nitrogen and oxygen atoms in total. The fraction of sp³-hybridized carbons (Fsp3) is 0.167. The first-order chi connectivity index (χ1) is 6.43. The lowest BCUT2D eigenvalue weighted by atomic mass is 10.1. The molecule has 0 radical (unpaired) electrons. The maximum Gasteiger partial charge on any atom is 0.106 e. The fourth-order valence-corrected chi connectivity index (χ4v) is 1.65. The minimum atomic E-state index is 0.365. The van der Waals surface area contributed by atoms with E-state index < -0.39 is 0 Å². The molecular weight excluding hydrogens is 160 g/mol. The maximum atomic E-state index is 5.24. The summed E-state index contributed by atoms with van der Waals surface area (Å²) in [7, 11) is 0. The van der Waals surface area contributed by atoms with Gasteiger partial charge in [0.2, 0.25) is 0 Å².